The molecule has 0 spiro atoms. The van der Waals surface area contributed by atoms with Crippen molar-refractivity contribution in [2.24, 2.45) is 0 Å². The summed E-state index contributed by atoms with van der Waals surface area (Å²) in [5, 5.41) is 11.2. The molecule has 0 unspecified atom stereocenters. The molecule has 0 fully saturated rings. The number of nitrogens with zero attached hydrogens (tertiary/aromatic N) is 2. The summed E-state index contributed by atoms with van der Waals surface area (Å²) in [7, 11) is 1.61. The summed E-state index contributed by atoms with van der Waals surface area (Å²) in [5.74, 6) is 1.22. The fourth-order valence-electron chi connectivity index (χ4n) is 2.01. The lowest BCUT2D eigenvalue weighted by Crippen LogP contribution is -2.13. The Labute approximate surface area is 162 Å². The fourth-order valence-corrected chi connectivity index (χ4v) is 3.12. The van der Waals surface area contributed by atoms with Gasteiger partial charge < -0.3 is 14.5 Å². The molecule has 0 saturated heterocycles. The highest BCUT2D eigenvalue weighted by Crippen LogP contribution is 2.25. The van der Waals surface area contributed by atoms with Gasteiger partial charge in [0, 0.05) is 14.8 Å². The Hall–Kier alpha value is -2.07. The quantitative estimate of drug-likeness (QED) is 0.435. The average Bonchev–Trinajstić information content (AvgIpc) is 3.09. The van der Waals surface area contributed by atoms with Crippen molar-refractivity contribution in [1.29, 1.82) is 0 Å². The minimum absolute atomic E-state index is 0.129. The van der Waals surface area contributed by atoms with Crippen LogP contribution >= 0.6 is 34.4 Å². The van der Waals surface area contributed by atoms with E-state index in [-0.39, 0.29) is 11.7 Å². The SMILES string of the molecule is COc1ccc(-c2nnc(SCC(=O)Nc3cccc(I)c3)o2)cc1. The van der Waals surface area contributed by atoms with Crippen molar-refractivity contribution in [2.45, 2.75) is 5.22 Å². The molecule has 2 aromatic carbocycles. The molecule has 8 heteroatoms. The van der Waals surface area contributed by atoms with Crippen LogP contribution in [0, 0.1) is 3.57 Å². The van der Waals surface area contributed by atoms with E-state index in [1.54, 1.807) is 7.11 Å². The normalized spacial score (nSPS) is 10.5. The second-order valence-electron chi connectivity index (χ2n) is 4.95. The molecule has 1 amide bonds. The van der Waals surface area contributed by atoms with Gasteiger partial charge >= 0.3 is 0 Å². The van der Waals surface area contributed by atoms with Gasteiger partial charge in [0.2, 0.25) is 11.8 Å². The molecule has 0 bridgehead atoms. The maximum Gasteiger partial charge on any atom is 0.277 e. The van der Waals surface area contributed by atoms with Crippen molar-refractivity contribution >= 4 is 45.9 Å². The highest BCUT2D eigenvalue weighted by Gasteiger charge is 2.11. The number of carbonyl (C=O) groups excluding carboxylic acids is 1. The number of amides is 1. The minimum atomic E-state index is -0.129. The van der Waals surface area contributed by atoms with Crippen LogP contribution in [0.1, 0.15) is 0 Å². The van der Waals surface area contributed by atoms with Crippen LogP contribution in [0.2, 0.25) is 0 Å². The van der Waals surface area contributed by atoms with Gasteiger partial charge in [0.1, 0.15) is 5.75 Å². The number of rotatable bonds is 6. The van der Waals surface area contributed by atoms with Crippen LogP contribution < -0.4 is 10.1 Å². The van der Waals surface area contributed by atoms with Crippen LogP contribution in [0.4, 0.5) is 5.69 Å². The predicted molar refractivity (Wildman–Crippen MR) is 105 cm³/mol. The third kappa shape index (κ3) is 4.95. The van der Waals surface area contributed by atoms with E-state index in [1.807, 2.05) is 48.5 Å². The van der Waals surface area contributed by atoms with Crippen LogP contribution in [-0.2, 0) is 4.79 Å². The molecule has 3 rings (SSSR count). The van der Waals surface area contributed by atoms with Crippen LogP contribution in [0.3, 0.4) is 0 Å². The number of ether oxygens (including phenoxy) is 1. The van der Waals surface area contributed by atoms with Gasteiger partial charge in [0.25, 0.3) is 5.22 Å². The summed E-state index contributed by atoms with van der Waals surface area (Å²) in [5.41, 5.74) is 1.56. The molecule has 6 nitrogen and oxygen atoms in total. The zero-order chi connectivity index (χ0) is 17.6. The number of benzene rings is 2. The highest BCUT2D eigenvalue weighted by atomic mass is 127. The summed E-state index contributed by atoms with van der Waals surface area (Å²) >= 11 is 3.39. The highest BCUT2D eigenvalue weighted by molar-refractivity contribution is 14.1. The Morgan fingerprint density at radius 2 is 2.04 bits per heavy atom. The van der Waals surface area contributed by atoms with Crippen molar-refractivity contribution in [2.75, 3.05) is 18.2 Å². The van der Waals surface area contributed by atoms with Gasteiger partial charge in [-0.2, -0.15) is 0 Å². The van der Waals surface area contributed by atoms with Gasteiger partial charge in [-0.05, 0) is 65.1 Å². The second-order valence-corrected chi connectivity index (χ2v) is 7.12. The number of halogens is 1. The summed E-state index contributed by atoms with van der Waals surface area (Å²) in [6.07, 6.45) is 0. The molecule has 128 valence electrons. The Morgan fingerprint density at radius 1 is 1.24 bits per heavy atom. The molecule has 0 saturated carbocycles. The van der Waals surface area contributed by atoms with Crippen molar-refractivity contribution in [1.82, 2.24) is 10.2 Å². The van der Waals surface area contributed by atoms with E-state index in [4.69, 9.17) is 9.15 Å². The smallest absolute Gasteiger partial charge is 0.277 e. The molecule has 25 heavy (non-hydrogen) atoms. The van der Waals surface area contributed by atoms with Gasteiger partial charge in [-0.25, -0.2) is 0 Å². The number of thioether (sulfide) groups is 1. The molecule has 0 atom stereocenters. The number of anilines is 1. The lowest BCUT2D eigenvalue weighted by Gasteiger charge is -2.04. The Balaban J connectivity index is 1.56. The number of aromatic nitrogens is 2. The summed E-state index contributed by atoms with van der Waals surface area (Å²) in [4.78, 5) is 12.0. The first-order chi connectivity index (χ1) is 12.1. The van der Waals surface area contributed by atoms with Crippen molar-refractivity contribution < 1.29 is 13.9 Å². The number of carbonyl (C=O) groups is 1. The van der Waals surface area contributed by atoms with Gasteiger partial charge in [0.05, 0.1) is 12.9 Å². The van der Waals surface area contributed by atoms with Crippen LogP contribution in [-0.4, -0.2) is 29.0 Å². The van der Waals surface area contributed by atoms with Crippen LogP contribution in [0.25, 0.3) is 11.5 Å². The molecular formula is C17H14IN3O3S. The summed E-state index contributed by atoms with van der Waals surface area (Å²) < 4.78 is 11.8. The number of hydrogen-bond donors (Lipinski definition) is 1. The van der Waals surface area contributed by atoms with E-state index >= 15 is 0 Å². The third-order valence-corrected chi connectivity index (χ3v) is 4.67. The van der Waals surface area contributed by atoms with Crippen molar-refractivity contribution in [3.8, 4) is 17.2 Å². The maximum absolute atomic E-state index is 12.0. The van der Waals surface area contributed by atoms with Gasteiger partial charge in [-0.15, -0.1) is 10.2 Å². The Bertz CT molecular complexity index is 868. The number of methoxy groups -OCH3 is 1. The Morgan fingerprint density at radius 3 is 2.76 bits per heavy atom. The van der Waals surface area contributed by atoms with Crippen LogP contribution in [0.5, 0.6) is 5.75 Å². The molecule has 0 aliphatic rings. The molecule has 1 heterocycles. The van der Waals surface area contributed by atoms with Gasteiger partial charge in [0.15, 0.2) is 0 Å². The summed E-state index contributed by atoms with van der Waals surface area (Å²) in [6.45, 7) is 0. The zero-order valence-electron chi connectivity index (χ0n) is 13.2. The Kier molecular flexibility index (Phi) is 5.92. The minimum Gasteiger partial charge on any atom is -0.497 e. The third-order valence-electron chi connectivity index (χ3n) is 3.18. The van der Waals surface area contributed by atoms with E-state index in [0.29, 0.717) is 11.1 Å². The van der Waals surface area contributed by atoms with Gasteiger partial charge in [-0.1, -0.05) is 17.8 Å². The van der Waals surface area contributed by atoms with Crippen molar-refractivity contribution in [3.05, 3.63) is 52.1 Å². The van der Waals surface area contributed by atoms with E-state index < -0.39 is 0 Å². The topological polar surface area (TPSA) is 77.2 Å². The molecular weight excluding hydrogens is 453 g/mol. The number of hydrogen-bond acceptors (Lipinski definition) is 6. The van der Waals surface area contributed by atoms with E-state index in [0.717, 1.165) is 20.6 Å². The number of nitrogens with one attached hydrogen (secondary N) is 1. The second kappa shape index (κ2) is 8.34. The van der Waals surface area contributed by atoms with E-state index in [2.05, 4.69) is 38.1 Å². The molecule has 0 aliphatic carbocycles. The predicted octanol–water partition coefficient (Wildman–Crippen LogP) is 4.08. The summed E-state index contributed by atoms with van der Waals surface area (Å²) in [6, 6.07) is 14.9. The van der Waals surface area contributed by atoms with E-state index in [1.165, 1.54) is 11.8 Å². The van der Waals surface area contributed by atoms with Crippen molar-refractivity contribution in [3.63, 3.8) is 0 Å². The first-order valence-electron chi connectivity index (χ1n) is 7.30. The molecule has 3 aromatic rings. The maximum atomic E-state index is 12.0. The molecule has 1 N–H and O–H groups in total. The zero-order valence-corrected chi connectivity index (χ0v) is 16.2. The first-order valence-corrected chi connectivity index (χ1v) is 9.36. The van der Waals surface area contributed by atoms with E-state index in [9.17, 15) is 4.79 Å². The van der Waals surface area contributed by atoms with Crippen LogP contribution in [0.15, 0.2) is 58.2 Å². The lowest BCUT2D eigenvalue weighted by molar-refractivity contribution is -0.113. The molecule has 0 radical (unpaired) electrons. The standard InChI is InChI=1S/C17H14IN3O3S/c1-23-14-7-5-11(6-8-14)16-20-21-17(24-16)25-10-15(22)19-13-4-2-3-12(18)9-13/h2-9H,10H2,1H3,(H,19,22). The monoisotopic (exact) mass is 467 g/mol. The fraction of sp³-hybridized carbons (Fsp3) is 0.118. The largest absolute Gasteiger partial charge is 0.497 e. The average molecular weight is 467 g/mol. The lowest BCUT2D eigenvalue weighted by atomic mass is 10.2. The molecule has 1 aromatic heterocycles. The first kappa shape index (κ1) is 17.7. The molecule has 0 aliphatic heterocycles. The van der Waals surface area contributed by atoms with Gasteiger partial charge in [-0.3, -0.25) is 4.79 Å².